The Balaban J connectivity index is 1.56. The van der Waals surface area contributed by atoms with Gasteiger partial charge in [0.2, 0.25) is 5.91 Å². The van der Waals surface area contributed by atoms with Crippen LogP contribution in [0.1, 0.15) is 38.5 Å². The molecule has 1 unspecified atom stereocenters. The molecule has 0 aromatic rings. The van der Waals surface area contributed by atoms with E-state index in [0.29, 0.717) is 24.8 Å². The van der Waals surface area contributed by atoms with Crippen LogP contribution >= 0.6 is 0 Å². The van der Waals surface area contributed by atoms with Crippen LogP contribution in [0.4, 0.5) is 0 Å². The van der Waals surface area contributed by atoms with E-state index >= 15 is 0 Å². The van der Waals surface area contributed by atoms with E-state index in [-0.39, 0.29) is 12.0 Å². The van der Waals surface area contributed by atoms with E-state index in [9.17, 15) is 9.90 Å². The first-order chi connectivity index (χ1) is 6.75. The Kier molecular flexibility index (Phi) is 3.06. The maximum Gasteiger partial charge on any atom is 0.220 e. The minimum atomic E-state index is -0.305. The molecule has 0 bridgehead atoms. The fourth-order valence-electron chi connectivity index (χ4n) is 1.90. The quantitative estimate of drug-likeness (QED) is 0.692. The molecule has 2 aliphatic rings. The highest BCUT2D eigenvalue weighted by atomic mass is 16.3. The summed E-state index contributed by atoms with van der Waals surface area (Å²) < 4.78 is 0. The molecule has 80 valence electrons. The van der Waals surface area contributed by atoms with Crippen molar-refractivity contribution >= 4 is 5.91 Å². The Morgan fingerprint density at radius 2 is 2.07 bits per heavy atom. The van der Waals surface area contributed by atoms with Crippen LogP contribution in [-0.4, -0.2) is 23.7 Å². The first kappa shape index (κ1) is 9.97. The fourth-order valence-corrected chi connectivity index (χ4v) is 1.90. The van der Waals surface area contributed by atoms with E-state index in [1.54, 1.807) is 0 Å². The van der Waals surface area contributed by atoms with Crippen molar-refractivity contribution in [3.8, 4) is 0 Å². The number of carbonyl (C=O) groups excluding carboxylic acids is 1. The summed E-state index contributed by atoms with van der Waals surface area (Å²) in [6.07, 6.45) is 6.30. The second-order valence-electron chi connectivity index (χ2n) is 4.71. The van der Waals surface area contributed by atoms with Gasteiger partial charge in [-0.15, -0.1) is 0 Å². The van der Waals surface area contributed by atoms with Crippen LogP contribution in [0.15, 0.2) is 0 Å². The Bertz CT molecular complexity index is 209. The van der Waals surface area contributed by atoms with Gasteiger partial charge in [0.05, 0.1) is 6.10 Å². The van der Waals surface area contributed by atoms with E-state index in [1.165, 1.54) is 19.3 Å². The predicted octanol–water partition coefficient (Wildman–Crippen LogP) is 1.06. The van der Waals surface area contributed by atoms with Crippen molar-refractivity contribution in [1.82, 2.24) is 5.32 Å². The number of carbonyl (C=O) groups is 1. The van der Waals surface area contributed by atoms with Crippen LogP contribution in [0.5, 0.6) is 0 Å². The largest absolute Gasteiger partial charge is 0.391 e. The molecule has 2 rings (SSSR count). The minimum Gasteiger partial charge on any atom is -0.391 e. The normalized spacial score (nSPS) is 24.1. The Labute approximate surface area is 84.9 Å². The molecule has 3 nitrogen and oxygen atoms in total. The topological polar surface area (TPSA) is 49.3 Å². The fraction of sp³-hybridized carbons (Fsp3) is 0.909. The summed E-state index contributed by atoms with van der Waals surface area (Å²) in [4.78, 5) is 11.4. The summed E-state index contributed by atoms with van der Waals surface area (Å²) in [5.41, 5.74) is 0. The summed E-state index contributed by atoms with van der Waals surface area (Å²) >= 11 is 0. The van der Waals surface area contributed by atoms with Crippen LogP contribution in [0.3, 0.4) is 0 Å². The highest BCUT2D eigenvalue weighted by Gasteiger charge is 2.30. The lowest BCUT2D eigenvalue weighted by atomic mass is 9.83. The molecular weight excluding hydrogens is 178 g/mol. The van der Waals surface area contributed by atoms with E-state index in [2.05, 4.69) is 5.32 Å². The second kappa shape index (κ2) is 4.30. The number of aliphatic hydroxyl groups is 1. The molecular formula is C11H19NO2. The molecule has 0 heterocycles. The third kappa shape index (κ3) is 2.71. The molecule has 0 radical (unpaired) electrons. The van der Waals surface area contributed by atoms with Gasteiger partial charge in [-0.3, -0.25) is 4.79 Å². The smallest absolute Gasteiger partial charge is 0.220 e. The number of hydrogen-bond acceptors (Lipinski definition) is 2. The van der Waals surface area contributed by atoms with Gasteiger partial charge in [-0.05, 0) is 37.5 Å². The molecule has 14 heavy (non-hydrogen) atoms. The van der Waals surface area contributed by atoms with Crippen molar-refractivity contribution in [2.45, 2.75) is 44.6 Å². The molecule has 2 saturated carbocycles. The van der Waals surface area contributed by atoms with Gasteiger partial charge in [0.1, 0.15) is 0 Å². The third-order valence-electron chi connectivity index (χ3n) is 3.37. The average molecular weight is 197 g/mol. The molecule has 0 saturated heterocycles. The van der Waals surface area contributed by atoms with E-state index in [1.807, 2.05) is 0 Å². The zero-order valence-corrected chi connectivity index (χ0v) is 8.54. The molecule has 1 amide bonds. The third-order valence-corrected chi connectivity index (χ3v) is 3.37. The SMILES string of the molecule is O=C(CC1CCC1)NCC(O)C1CC1. The van der Waals surface area contributed by atoms with Gasteiger partial charge >= 0.3 is 0 Å². The Morgan fingerprint density at radius 3 is 2.57 bits per heavy atom. The van der Waals surface area contributed by atoms with Gasteiger partial charge in [-0.25, -0.2) is 0 Å². The molecule has 2 fully saturated rings. The highest BCUT2D eigenvalue weighted by molar-refractivity contribution is 5.76. The summed E-state index contributed by atoms with van der Waals surface area (Å²) in [6.45, 7) is 0.455. The Hall–Kier alpha value is -0.570. The lowest BCUT2D eigenvalue weighted by molar-refractivity contribution is -0.123. The van der Waals surface area contributed by atoms with Crippen molar-refractivity contribution in [2.75, 3.05) is 6.54 Å². The summed E-state index contributed by atoms with van der Waals surface area (Å²) in [7, 11) is 0. The van der Waals surface area contributed by atoms with Crippen LogP contribution in [0.2, 0.25) is 0 Å². The monoisotopic (exact) mass is 197 g/mol. The zero-order chi connectivity index (χ0) is 9.97. The molecule has 2 aliphatic carbocycles. The lowest BCUT2D eigenvalue weighted by Crippen LogP contribution is -2.34. The van der Waals surface area contributed by atoms with Crippen LogP contribution < -0.4 is 5.32 Å². The maximum absolute atomic E-state index is 11.4. The van der Waals surface area contributed by atoms with E-state index in [0.717, 1.165) is 12.8 Å². The average Bonchev–Trinajstić information content (AvgIpc) is 2.90. The van der Waals surface area contributed by atoms with Gasteiger partial charge < -0.3 is 10.4 Å². The van der Waals surface area contributed by atoms with E-state index < -0.39 is 0 Å². The number of rotatable bonds is 5. The molecule has 0 aliphatic heterocycles. The van der Waals surface area contributed by atoms with Crippen LogP contribution in [0.25, 0.3) is 0 Å². The Morgan fingerprint density at radius 1 is 1.36 bits per heavy atom. The van der Waals surface area contributed by atoms with Crippen LogP contribution in [-0.2, 0) is 4.79 Å². The lowest BCUT2D eigenvalue weighted by Gasteiger charge is -2.24. The van der Waals surface area contributed by atoms with Gasteiger partial charge in [-0.1, -0.05) is 6.42 Å². The molecule has 3 heteroatoms. The van der Waals surface area contributed by atoms with Crippen LogP contribution in [0, 0.1) is 11.8 Å². The second-order valence-corrected chi connectivity index (χ2v) is 4.71. The summed E-state index contributed by atoms with van der Waals surface area (Å²) in [5.74, 6) is 1.20. The summed E-state index contributed by atoms with van der Waals surface area (Å²) in [5, 5.41) is 12.3. The van der Waals surface area contributed by atoms with Gasteiger partial charge in [0, 0.05) is 13.0 Å². The number of aliphatic hydroxyl groups excluding tert-OH is 1. The predicted molar refractivity (Wildman–Crippen MR) is 53.7 cm³/mol. The van der Waals surface area contributed by atoms with E-state index in [4.69, 9.17) is 0 Å². The minimum absolute atomic E-state index is 0.120. The first-order valence-corrected chi connectivity index (χ1v) is 5.70. The van der Waals surface area contributed by atoms with Crippen molar-refractivity contribution < 1.29 is 9.90 Å². The number of hydrogen-bond donors (Lipinski definition) is 2. The number of amides is 1. The van der Waals surface area contributed by atoms with Gasteiger partial charge in [0.25, 0.3) is 0 Å². The standard InChI is InChI=1S/C11H19NO2/c13-10(9-4-5-9)7-12-11(14)6-8-2-1-3-8/h8-10,13H,1-7H2,(H,12,14). The first-order valence-electron chi connectivity index (χ1n) is 5.70. The molecule has 0 aromatic heterocycles. The van der Waals surface area contributed by atoms with Crippen molar-refractivity contribution in [2.24, 2.45) is 11.8 Å². The molecule has 2 N–H and O–H groups in total. The van der Waals surface area contributed by atoms with Crippen molar-refractivity contribution in [1.29, 1.82) is 0 Å². The molecule has 1 atom stereocenters. The van der Waals surface area contributed by atoms with Crippen molar-refractivity contribution in [3.05, 3.63) is 0 Å². The molecule has 0 aromatic carbocycles. The number of nitrogens with one attached hydrogen (secondary N) is 1. The molecule has 0 spiro atoms. The zero-order valence-electron chi connectivity index (χ0n) is 8.54. The van der Waals surface area contributed by atoms with Gasteiger partial charge in [0.15, 0.2) is 0 Å². The van der Waals surface area contributed by atoms with Gasteiger partial charge in [-0.2, -0.15) is 0 Å². The highest BCUT2D eigenvalue weighted by Crippen LogP contribution is 2.32. The summed E-state index contributed by atoms with van der Waals surface area (Å²) in [6, 6.07) is 0. The maximum atomic E-state index is 11.4. The van der Waals surface area contributed by atoms with Crippen molar-refractivity contribution in [3.63, 3.8) is 0 Å².